The Labute approximate surface area is 160 Å². The van der Waals surface area contributed by atoms with Crippen molar-refractivity contribution >= 4 is 56.9 Å². The normalized spacial score (nSPS) is 19.5. The third-order valence-corrected chi connectivity index (χ3v) is 4.79. The second-order valence-corrected chi connectivity index (χ2v) is 7.18. The summed E-state index contributed by atoms with van der Waals surface area (Å²) in [5.41, 5.74) is 0.660. The Morgan fingerprint density at radius 1 is 1.46 bits per heavy atom. The van der Waals surface area contributed by atoms with Gasteiger partial charge in [-0.3, -0.25) is 9.59 Å². The predicted molar refractivity (Wildman–Crippen MR) is 98.7 cm³/mol. The molecule has 1 saturated heterocycles. The molecule has 0 bridgehead atoms. The van der Waals surface area contributed by atoms with Crippen molar-refractivity contribution in [1.82, 2.24) is 5.32 Å². The molecule has 0 aliphatic carbocycles. The zero-order chi connectivity index (χ0) is 19.3. The van der Waals surface area contributed by atoms with Crippen LogP contribution in [0, 0.1) is 0 Å². The third kappa shape index (κ3) is 5.56. The first-order valence-corrected chi connectivity index (χ1v) is 8.93. The molecule has 0 radical (unpaired) electrons. The number of carboxylic acid groups (broad SMARTS) is 2. The number of carboxylic acids is 2. The number of carbonyl (C=O) groups is 3. The summed E-state index contributed by atoms with van der Waals surface area (Å²) in [6.45, 7) is 1.42. The van der Waals surface area contributed by atoms with Gasteiger partial charge in [-0.1, -0.05) is 11.8 Å². The van der Waals surface area contributed by atoms with E-state index in [-0.39, 0.29) is 11.6 Å². The molecule has 2 rings (SSSR count). The van der Waals surface area contributed by atoms with E-state index >= 15 is 0 Å². The molecule has 9 nitrogen and oxygen atoms in total. The summed E-state index contributed by atoms with van der Waals surface area (Å²) in [4.78, 5) is 33.1. The second-order valence-electron chi connectivity index (χ2n) is 5.13. The summed E-state index contributed by atoms with van der Waals surface area (Å²) >= 11 is 4.30. The van der Waals surface area contributed by atoms with Gasteiger partial charge in [0.25, 0.3) is 0 Å². The highest BCUT2D eigenvalue weighted by atomic mass is 79.9. The molecule has 1 aromatic carbocycles. The monoisotopic (exact) mass is 443 g/mol. The SMILES string of the molecule is CC(Oc1ccc(C=NN=C2NC(=O)C(CC(=O)O)S2)cc1Br)C(=O)O. The number of rotatable bonds is 7. The van der Waals surface area contributed by atoms with Gasteiger partial charge in [-0.15, -0.1) is 5.10 Å². The summed E-state index contributed by atoms with van der Waals surface area (Å²) in [6.07, 6.45) is 0.154. The van der Waals surface area contributed by atoms with Crippen molar-refractivity contribution < 1.29 is 29.3 Å². The predicted octanol–water partition coefficient (Wildman–Crippen LogP) is 1.70. The van der Waals surface area contributed by atoms with Crippen LogP contribution in [0.25, 0.3) is 0 Å². The van der Waals surface area contributed by atoms with E-state index in [2.05, 4.69) is 31.4 Å². The maximum atomic E-state index is 11.6. The summed E-state index contributed by atoms with van der Waals surface area (Å²) in [5, 5.41) is 27.3. The number of benzene rings is 1. The number of carbonyl (C=O) groups excluding carboxylic acids is 1. The lowest BCUT2D eigenvalue weighted by Gasteiger charge is -2.12. The molecule has 2 atom stereocenters. The largest absolute Gasteiger partial charge is 0.481 e. The number of amidine groups is 1. The van der Waals surface area contributed by atoms with Gasteiger partial charge in [0.05, 0.1) is 17.1 Å². The molecule has 1 fully saturated rings. The highest BCUT2D eigenvalue weighted by Crippen LogP contribution is 2.26. The maximum Gasteiger partial charge on any atom is 0.344 e. The number of ether oxygens (including phenoxy) is 1. The van der Waals surface area contributed by atoms with E-state index in [0.29, 0.717) is 15.8 Å². The summed E-state index contributed by atoms with van der Waals surface area (Å²) in [7, 11) is 0. The summed E-state index contributed by atoms with van der Waals surface area (Å²) in [6, 6.07) is 4.92. The molecular formula is C15H14BrN3O6S. The summed E-state index contributed by atoms with van der Waals surface area (Å²) < 4.78 is 5.83. The molecule has 1 aromatic rings. The first kappa shape index (κ1) is 19.9. The lowest BCUT2D eigenvalue weighted by Crippen LogP contribution is -2.26. The van der Waals surface area contributed by atoms with Gasteiger partial charge in [-0.2, -0.15) is 5.10 Å². The van der Waals surface area contributed by atoms with Crippen LogP contribution >= 0.6 is 27.7 Å². The van der Waals surface area contributed by atoms with E-state index < -0.39 is 29.2 Å². The third-order valence-electron chi connectivity index (χ3n) is 3.10. The number of hydrogen-bond acceptors (Lipinski definition) is 7. The van der Waals surface area contributed by atoms with Gasteiger partial charge >= 0.3 is 11.9 Å². The van der Waals surface area contributed by atoms with Gasteiger partial charge < -0.3 is 20.3 Å². The molecule has 138 valence electrons. The molecule has 26 heavy (non-hydrogen) atoms. The lowest BCUT2D eigenvalue weighted by atomic mass is 10.2. The fraction of sp³-hybridized carbons (Fsp3) is 0.267. The fourth-order valence-corrected chi connectivity index (χ4v) is 3.23. The van der Waals surface area contributed by atoms with Crippen LogP contribution in [-0.2, 0) is 14.4 Å². The molecule has 3 N–H and O–H groups in total. The highest BCUT2D eigenvalue weighted by Gasteiger charge is 2.32. The average Bonchev–Trinajstić information content (AvgIpc) is 2.88. The Bertz CT molecular complexity index is 798. The second kappa shape index (κ2) is 8.81. The van der Waals surface area contributed by atoms with Crippen LogP contribution in [0.15, 0.2) is 32.9 Å². The molecule has 0 aromatic heterocycles. The number of nitrogens with zero attached hydrogens (tertiary/aromatic N) is 2. The molecule has 1 aliphatic rings. The number of amides is 1. The molecule has 1 aliphatic heterocycles. The smallest absolute Gasteiger partial charge is 0.344 e. The Morgan fingerprint density at radius 3 is 2.81 bits per heavy atom. The average molecular weight is 444 g/mol. The van der Waals surface area contributed by atoms with Crippen molar-refractivity contribution in [2.45, 2.75) is 24.7 Å². The standard InChI is InChI=1S/C15H14BrN3O6S/c1-7(14(23)24)25-10-3-2-8(4-9(10)16)6-17-19-15-18-13(22)11(26-15)5-12(20)21/h2-4,6-7,11H,5H2,1H3,(H,20,21)(H,23,24)(H,18,19,22). The van der Waals surface area contributed by atoms with Crippen LogP contribution in [-0.4, -0.2) is 50.8 Å². The molecule has 2 unspecified atom stereocenters. The van der Waals surface area contributed by atoms with E-state index in [1.807, 2.05) is 0 Å². The van der Waals surface area contributed by atoms with Crippen LogP contribution in [0.5, 0.6) is 5.75 Å². The minimum atomic E-state index is -1.07. The van der Waals surface area contributed by atoms with Crippen molar-refractivity contribution in [3.05, 3.63) is 28.2 Å². The van der Waals surface area contributed by atoms with Crippen LogP contribution in [0.2, 0.25) is 0 Å². The van der Waals surface area contributed by atoms with Gasteiger partial charge in [0.2, 0.25) is 5.91 Å². The van der Waals surface area contributed by atoms with Crippen LogP contribution < -0.4 is 10.1 Å². The van der Waals surface area contributed by atoms with E-state index in [1.54, 1.807) is 18.2 Å². The molecule has 11 heteroatoms. The van der Waals surface area contributed by atoms with E-state index in [0.717, 1.165) is 11.8 Å². The van der Waals surface area contributed by atoms with Crippen LogP contribution in [0.4, 0.5) is 0 Å². The number of hydrogen-bond donors (Lipinski definition) is 3. The van der Waals surface area contributed by atoms with Crippen molar-refractivity contribution in [1.29, 1.82) is 0 Å². The fourth-order valence-electron chi connectivity index (χ4n) is 1.83. The molecule has 1 amide bonds. The Hall–Kier alpha value is -2.40. The Kier molecular flexibility index (Phi) is 6.75. The minimum absolute atomic E-state index is 0.229. The minimum Gasteiger partial charge on any atom is -0.481 e. The van der Waals surface area contributed by atoms with Gasteiger partial charge in [0.1, 0.15) is 11.0 Å². The molecule has 1 heterocycles. The van der Waals surface area contributed by atoms with Crippen LogP contribution in [0.1, 0.15) is 18.9 Å². The van der Waals surface area contributed by atoms with Crippen molar-refractivity contribution in [2.75, 3.05) is 0 Å². The quantitative estimate of drug-likeness (QED) is 0.430. The molecular weight excluding hydrogens is 430 g/mol. The van der Waals surface area contributed by atoms with Gasteiger partial charge in [-0.25, -0.2) is 4.79 Å². The molecule has 0 saturated carbocycles. The Balaban J connectivity index is 2.00. The van der Waals surface area contributed by atoms with Crippen molar-refractivity contribution in [3.8, 4) is 5.75 Å². The number of thioether (sulfide) groups is 1. The topological polar surface area (TPSA) is 138 Å². The van der Waals surface area contributed by atoms with E-state index in [1.165, 1.54) is 13.1 Å². The zero-order valence-corrected chi connectivity index (χ0v) is 15.8. The van der Waals surface area contributed by atoms with Gasteiger partial charge in [-0.05, 0) is 46.6 Å². The maximum absolute atomic E-state index is 11.6. The highest BCUT2D eigenvalue weighted by molar-refractivity contribution is 9.10. The number of nitrogens with one attached hydrogen (secondary N) is 1. The zero-order valence-electron chi connectivity index (χ0n) is 13.4. The molecule has 0 spiro atoms. The number of aliphatic carboxylic acids is 2. The number of halogens is 1. The van der Waals surface area contributed by atoms with Gasteiger partial charge in [0, 0.05) is 0 Å². The Morgan fingerprint density at radius 2 is 2.19 bits per heavy atom. The van der Waals surface area contributed by atoms with E-state index in [9.17, 15) is 14.4 Å². The summed E-state index contributed by atoms with van der Waals surface area (Å²) in [5.74, 6) is -2.18. The first-order valence-electron chi connectivity index (χ1n) is 7.25. The first-order chi connectivity index (χ1) is 12.3. The van der Waals surface area contributed by atoms with E-state index in [4.69, 9.17) is 14.9 Å². The van der Waals surface area contributed by atoms with Crippen molar-refractivity contribution in [3.63, 3.8) is 0 Å². The lowest BCUT2D eigenvalue weighted by molar-refractivity contribution is -0.144. The van der Waals surface area contributed by atoms with Crippen LogP contribution in [0.3, 0.4) is 0 Å². The van der Waals surface area contributed by atoms with Crippen molar-refractivity contribution in [2.24, 2.45) is 10.2 Å². The van der Waals surface area contributed by atoms with Gasteiger partial charge in [0.15, 0.2) is 11.3 Å².